The summed E-state index contributed by atoms with van der Waals surface area (Å²) in [7, 11) is 0. The molecule has 3 N–H and O–H groups in total. The average Bonchev–Trinajstić information content (AvgIpc) is 2.34. The Morgan fingerprint density at radius 1 is 1.39 bits per heavy atom. The summed E-state index contributed by atoms with van der Waals surface area (Å²) in [4.78, 5) is 4.46. The number of pyridine rings is 1. The van der Waals surface area contributed by atoms with Gasteiger partial charge >= 0.3 is 0 Å². The zero-order valence-electron chi connectivity index (χ0n) is 11.6. The Morgan fingerprint density at radius 3 is 2.67 bits per heavy atom. The highest BCUT2D eigenvalue weighted by molar-refractivity contribution is 5.15. The van der Waals surface area contributed by atoms with E-state index in [1.54, 1.807) is 0 Å². The van der Waals surface area contributed by atoms with Gasteiger partial charge in [-0.15, -0.1) is 0 Å². The van der Waals surface area contributed by atoms with Crippen molar-refractivity contribution in [3.8, 4) is 0 Å². The third-order valence-corrected chi connectivity index (χ3v) is 4.27. The number of nitrogens with zero attached hydrogens (tertiary/aromatic N) is 1. The molecule has 0 saturated heterocycles. The van der Waals surface area contributed by atoms with Gasteiger partial charge in [-0.1, -0.05) is 26.3 Å². The molecule has 3 heteroatoms. The molecular formula is C15H25N3. The van der Waals surface area contributed by atoms with Crippen LogP contribution in [-0.4, -0.2) is 24.6 Å². The Kier molecular flexibility index (Phi) is 4.03. The smallest absolute Gasteiger partial charge is 0.0472 e. The van der Waals surface area contributed by atoms with Crippen LogP contribution in [0.25, 0.3) is 0 Å². The number of hydrogen-bond donors (Lipinski definition) is 2. The summed E-state index contributed by atoms with van der Waals surface area (Å²) in [5, 5.41) is 3.60. The van der Waals surface area contributed by atoms with Crippen LogP contribution in [0.15, 0.2) is 24.4 Å². The largest absolute Gasteiger partial charge is 0.330 e. The van der Waals surface area contributed by atoms with Crippen molar-refractivity contribution < 1.29 is 0 Å². The maximum atomic E-state index is 5.88. The van der Waals surface area contributed by atoms with Crippen molar-refractivity contribution in [1.82, 2.24) is 10.3 Å². The normalized spacial score (nSPS) is 18.4. The van der Waals surface area contributed by atoms with Crippen molar-refractivity contribution in [2.45, 2.75) is 38.5 Å². The molecular weight excluding hydrogens is 222 g/mol. The second-order valence-corrected chi connectivity index (χ2v) is 6.26. The van der Waals surface area contributed by atoms with Crippen molar-refractivity contribution in [2.75, 3.05) is 19.6 Å². The van der Waals surface area contributed by atoms with Crippen LogP contribution in [0.4, 0.5) is 0 Å². The summed E-state index contributed by atoms with van der Waals surface area (Å²) in [6, 6.07) is 6.12. The molecule has 3 nitrogen and oxygen atoms in total. The third-order valence-electron chi connectivity index (χ3n) is 4.27. The zero-order chi connectivity index (χ0) is 13.1. The van der Waals surface area contributed by atoms with Crippen LogP contribution in [0.3, 0.4) is 0 Å². The Balaban J connectivity index is 1.86. The minimum absolute atomic E-state index is 0.0702. The summed E-state index contributed by atoms with van der Waals surface area (Å²) < 4.78 is 0. The second kappa shape index (κ2) is 5.37. The second-order valence-electron chi connectivity index (χ2n) is 6.26. The van der Waals surface area contributed by atoms with E-state index in [0.29, 0.717) is 5.41 Å². The molecule has 1 aromatic rings. The molecule has 0 unspecified atom stereocenters. The maximum absolute atomic E-state index is 5.88. The molecule has 1 aromatic heterocycles. The fourth-order valence-electron chi connectivity index (χ4n) is 2.62. The summed E-state index contributed by atoms with van der Waals surface area (Å²) in [5.74, 6) is 0. The van der Waals surface area contributed by atoms with Crippen LogP contribution in [0.5, 0.6) is 0 Å². The Morgan fingerprint density at radius 2 is 2.17 bits per heavy atom. The van der Waals surface area contributed by atoms with Crippen LogP contribution in [-0.2, 0) is 5.41 Å². The van der Waals surface area contributed by atoms with Gasteiger partial charge in [0.2, 0.25) is 0 Å². The molecule has 0 amide bonds. The summed E-state index contributed by atoms with van der Waals surface area (Å²) >= 11 is 0. The summed E-state index contributed by atoms with van der Waals surface area (Å²) in [6.45, 7) is 7.27. The Hall–Kier alpha value is -0.930. The molecule has 18 heavy (non-hydrogen) atoms. The van der Waals surface area contributed by atoms with Crippen LogP contribution >= 0.6 is 0 Å². The molecule has 0 spiro atoms. The van der Waals surface area contributed by atoms with Crippen molar-refractivity contribution >= 4 is 0 Å². The molecule has 0 atom stereocenters. The lowest BCUT2D eigenvalue weighted by Crippen LogP contribution is -2.47. The number of aromatic nitrogens is 1. The molecule has 1 saturated carbocycles. The summed E-state index contributed by atoms with van der Waals surface area (Å²) in [6.07, 6.45) is 5.76. The number of hydrogen-bond acceptors (Lipinski definition) is 3. The minimum Gasteiger partial charge on any atom is -0.330 e. The lowest BCUT2D eigenvalue weighted by molar-refractivity contribution is 0.138. The first kappa shape index (κ1) is 13.5. The van der Waals surface area contributed by atoms with E-state index >= 15 is 0 Å². The monoisotopic (exact) mass is 247 g/mol. The van der Waals surface area contributed by atoms with E-state index < -0.39 is 0 Å². The van der Waals surface area contributed by atoms with E-state index in [1.807, 2.05) is 12.3 Å². The van der Waals surface area contributed by atoms with Crippen molar-refractivity contribution in [3.05, 3.63) is 30.1 Å². The molecule has 1 heterocycles. The summed E-state index contributed by atoms with van der Waals surface area (Å²) in [5.41, 5.74) is 7.47. The predicted molar refractivity (Wildman–Crippen MR) is 75.5 cm³/mol. The zero-order valence-corrected chi connectivity index (χ0v) is 11.6. The van der Waals surface area contributed by atoms with Crippen LogP contribution in [0, 0.1) is 5.41 Å². The van der Waals surface area contributed by atoms with E-state index in [4.69, 9.17) is 5.73 Å². The Bertz CT molecular complexity index is 363. The molecule has 2 rings (SSSR count). The molecule has 0 radical (unpaired) electrons. The third kappa shape index (κ3) is 2.90. The lowest BCUT2D eigenvalue weighted by Gasteiger charge is -2.42. The van der Waals surface area contributed by atoms with Gasteiger partial charge in [0.15, 0.2) is 0 Å². The van der Waals surface area contributed by atoms with E-state index in [-0.39, 0.29) is 5.41 Å². The predicted octanol–water partition coefficient (Wildman–Crippen LogP) is 2.08. The number of nitrogens with one attached hydrogen (secondary N) is 1. The van der Waals surface area contributed by atoms with E-state index in [0.717, 1.165) is 25.3 Å². The Labute approximate surface area is 110 Å². The topological polar surface area (TPSA) is 50.9 Å². The number of rotatable bonds is 6. The molecule has 0 aromatic carbocycles. The van der Waals surface area contributed by atoms with E-state index in [9.17, 15) is 0 Å². The van der Waals surface area contributed by atoms with Gasteiger partial charge in [0.05, 0.1) is 0 Å². The highest BCUT2D eigenvalue weighted by atomic mass is 14.9. The van der Waals surface area contributed by atoms with Gasteiger partial charge in [-0.2, -0.15) is 0 Å². The highest BCUT2D eigenvalue weighted by Crippen LogP contribution is 2.39. The molecule has 1 aliphatic rings. The first-order chi connectivity index (χ1) is 8.58. The average molecular weight is 247 g/mol. The van der Waals surface area contributed by atoms with Gasteiger partial charge in [0, 0.05) is 30.4 Å². The van der Waals surface area contributed by atoms with Crippen molar-refractivity contribution in [3.63, 3.8) is 0 Å². The fourth-order valence-corrected chi connectivity index (χ4v) is 2.62. The molecule has 0 aliphatic heterocycles. The van der Waals surface area contributed by atoms with E-state index in [2.05, 4.69) is 36.3 Å². The minimum atomic E-state index is 0.0702. The molecule has 1 fully saturated rings. The fraction of sp³-hybridized carbons (Fsp3) is 0.667. The molecule has 1 aliphatic carbocycles. The quantitative estimate of drug-likeness (QED) is 0.809. The van der Waals surface area contributed by atoms with Crippen LogP contribution in [0.2, 0.25) is 0 Å². The van der Waals surface area contributed by atoms with Crippen molar-refractivity contribution in [1.29, 1.82) is 0 Å². The lowest BCUT2D eigenvalue weighted by atomic mass is 9.68. The first-order valence-electron chi connectivity index (χ1n) is 6.90. The highest BCUT2D eigenvalue weighted by Gasteiger charge is 2.35. The van der Waals surface area contributed by atoms with Crippen LogP contribution < -0.4 is 11.1 Å². The maximum Gasteiger partial charge on any atom is 0.0472 e. The van der Waals surface area contributed by atoms with Gasteiger partial charge in [-0.3, -0.25) is 4.98 Å². The first-order valence-corrected chi connectivity index (χ1v) is 6.90. The van der Waals surface area contributed by atoms with E-state index in [1.165, 1.54) is 19.3 Å². The SMILES string of the molecule is CC(C)(CNCC1(CN)CCC1)c1ccccn1. The van der Waals surface area contributed by atoms with Gasteiger partial charge in [-0.25, -0.2) is 0 Å². The standard InChI is InChI=1S/C15H25N3/c1-14(2,13-6-3-4-9-18-13)11-17-12-15(10-16)7-5-8-15/h3-4,6,9,17H,5,7-8,10-12,16H2,1-2H3. The molecule has 100 valence electrons. The van der Waals surface area contributed by atoms with Gasteiger partial charge < -0.3 is 11.1 Å². The molecule has 0 bridgehead atoms. The van der Waals surface area contributed by atoms with Crippen LogP contribution in [0.1, 0.15) is 38.8 Å². The van der Waals surface area contributed by atoms with Gasteiger partial charge in [0.1, 0.15) is 0 Å². The van der Waals surface area contributed by atoms with Gasteiger partial charge in [-0.05, 0) is 36.9 Å². The van der Waals surface area contributed by atoms with Gasteiger partial charge in [0.25, 0.3) is 0 Å². The number of nitrogens with two attached hydrogens (primary N) is 1. The van der Waals surface area contributed by atoms with Crippen molar-refractivity contribution in [2.24, 2.45) is 11.1 Å².